The fourth-order valence-electron chi connectivity index (χ4n) is 0.968. The zero-order valence-electron chi connectivity index (χ0n) is 6.47. The van der Waals surface area contributed by atoms with E-state index in [0.29, 0.717) is 11.0 Å². The number of fused-ring (bicyclic) bond motifs is 1. The van der Waals surface area contributed by atoms with Gasteiger partial charge in [0.05, 0.1) is 5.52 Å². The lowest BCUT2D eigenvalue weighted by Crippen LogP contribution is -1.90. The fourth-order valence-corrected chi connectivity index (χ4v) is 0.968. The van der Waals surface area contributed by atoms with Crippen LogP contribution in [0.2, 0.25) is 0 Å². The molecule has 0 atom stereocenters. The van der Waals surface area contributed by atoms with Crippen LogP contribution in [0.25, 0.3) is 11.0 Å². The minimum atomic E-state index is -0.0932. The Hall–Kier alpha value is -2.22. The lowest BCUT2D eigenvalue weighted by atomic mass is 10.3. The van der Waals surface area contributed by atoms with Gasteiger partial charge in [-0.25, -0.2) is 4.98 Å². The maximum absolute atomic E-state index is 9.05. The third kappa shape index (κ3) is 1.25. The predicted molar refractivity (Wildman–Crippen MR) is 43.7 cm³/mol. The number of hydrogen-bond donors (Lipinski definition) is 1. The molecule has 1 N–H and O–H groups in total. The number of hydrogen-bond acceptors (Lipinski definition) is 5. The van der Waals surface area contributed by atoms with Crippen molar-refractivity contribution in [3.8, 4) is 11.9 Å². The molecule has 5 nitrogen and oxygen atoms in total. The van der Waals surface area contributed by atoms with Crippen LogP contribution in [0.5, 0.6) is 5.88 Å². The number of nitriles is 1. The molecule has 0 aromatic carbocycles. The minimum Gasteiger partial charge on any atom is -0.493 e. The Labute approximate surface area is 73.3 Å². The highest BCUT2D eigenvalue weighted by Gasteiger charge is 2.00. The summed E-state index contributed by atoms with van der Waals surface area (Å²) in [6.07, 6.45) is 0. The van der Waals surface area contributed by atoms with Crippen molar-refractivity contribution in [2.45, 2.75) is 0 Å². The topological polar surface area (TPSA) is 82.7 Å². The van der Waals surface area contributed by atoms with Crippen molar-refractivity contribution in [1.82, 2.24) is 15.2 Å². The predicted octanol–water partition coefficient (Wildman–Crippen LogP) is 0.602. The zero-order valence-corrected chi connectivity index (χ0v) is 6.47. The highest BCUT2D eigenvalue weighted by molar-refractivity contribution is 5.74. The molecular formula is C8H4N4O. The minimum absolute atomic E-state index is 0.0932. The molecule has 2 heterocycles. The summed E-state index contributed by atoms with van der Waals surface area (Å²) >= 11 is 0. The van der Waals surface area contributed by atoms with Crippen LogP contribution in [-0.4, -0.2) is 20.3 Å². The summed E-state index contributed by atoms with van der Waals surface area (Å²) in [7, 11) is 0. The maximum Gasteiger partial charge on any atom is 0.211 e. The third-order valence-electron chi connectivity index (χ3n) is 1.54. The van der Waals surface area contributed by atoms with Crippen LogP contribution in [0.1, 0.15) is 5.69 Å². The van der Waals surface area contributed by atoms with Gasteiger partial charge in [0.15, 0.2) is 5.69 Å². The quantitative estimate of drug-likeness (QED) is 0.629. The van der Waals surface area contributed by atoms with Crippen molar-refractivity contribution in [3.63, 3.8) is 0 Å². The summed E-state index contributed by atoms with van der Waals surface area (Å²) in [5.41, 5.74) is 1.20. The van der Waals surface area contributed by atoms with Gasteiger partial charge in [0.2, 0.25) is 5.88 Å². The van der Waals surface area contributed by atoms with Gasteiger partial charge in [-0.1, -0.05) is 0 Å². The van der Waals surface area contributed by atoms with E-state index in [0.717, 1.165) is 0 Å². The lowest BCUT2D eigenvalue weighted by Gasteiger charge is -1.95. The summed E-state index contributed by atoms with van der Waals surface area (Å²) in [5.74, 6) is -0.0932. The molecule has 0 aliphatic carbocycles. The SMILES string of the molecule is N#Cc1cc2nc(O)ccc2nn1. The van der Waals surface area contributed by atoms with Crippen LogP contribution in [-0.2, 0) is 0 Å². The Morgan fingerprint density at radius 3 is 2.85 bits per heavy atom. The Kier molecular flexibility index (Phi) is 1.53. The molecule has 2 rings (SSSR count). The first kappa shape index (κ1) is 7.43. The number of rotatable bonds is 0. The molecule has 62 valence electrons. The molecule has 2 aromatic rings. The third-order valence-corrected chi connectivity index (χ3v) is 1.54. The second kappa shape index (κ2) is 2.68. The summed E-state index contributed by atoms with van der Waals surface area (Å²) < 4.78 is 0. The van der Waals surface area contributed by atoms with Gasteiger partial charge in [-0.05, 0) is 6.07 Å². The lowest BCUT2D eigenvalue weighted by molar-refractivity contribution is 0.455. The van der Waals surface area contributed by atoms with Gasteiger partial charge in [0.25, 0.3) is 0 Å². The average molecular weight is 172 g/mol. The Morgan fingerprint density at radius 2 is 2.08 bits per heavy atom. The molecule has 0 unspecified atom stereocenters. The second-order valence-electron chi connectivity index (χ2n) is 2.42. The molecular weight excluding hydrogens is 168 g/mol. The van der Waals surface area contributed by atoms with Crippen LogP contribution in [0, 0.1) is 11.3 Å². The first-order valence-corrected chi connectivity index (χ1v) is 3.53. The van der Waals surface area contributed by atoms with Crippen LogP contribution in [0.3, 0.4) is 0 Å². The molecule has 13 heavy (non-hydrogen) atoms. The van der Waals surface area contributed by atoms with E-state index in [4.69, 9.17) is 10.4 Å². The van der Waals surface area contributed by atoms with Gasteiger partial charge in [-0.15, -0.1) is 10.2 Å². The van der Waals surface area contributed by atoms with E-state index in [2.05, 4.69) is 15.2 Å². The van der Waals surface area contributed by atoms with Crippen LogP contribution in [0.4, 0.5) is 0 Å². The first-order chi connectivity index (χ1) is 6.29. The number of aromatic nitrogens is 3. The van der Waals surface area contributed by atoms with Crippen molar-refractivity contribution in [2.75, 3.05) is 0 Å². The van der Waals surface area contributed by atoms with Gasteiger partial charge < -0.3 is 5.11 Å². The number of pyridine rings is 1. The van der Waals surface area contributed by atoms with Crippen molar-refractivity contribution in [2.24, 2.45) is 0 Å². The van der Waals surface area contributed by atoms with Crippen LogP contribution < -0.4 is 0 Å². The van der Waals surface area contributed by atoms with Gasteiger partial charge in [-0.2, -0.15) is 5.26 Å². The van der Waals surface area contributed by atoms with Gasteiger partial charge in [0, 0.05) is 12.1 Å². The molecule has 0 aliphatic heterocycles. The van der Waals surface area contributed by atoms with E-state index < -0.39 is 0 Å². The summed E-state index contributed by atoms with van der Waals surface area (Å²) in [6, 6.07) is 6.33. The van der Waals surface area contributed by atoms with Gasteiger partial charge >= 0.3 is 0 Å². The van der Waals surface area contributed by atoms with E-state index >= 15 is 0 Å². The highest BCUT2D eigenvalue weighted by Crippen LogP contribution is 2.12. The van der Waals surface area contributed by atoms with E-state index in [-0.39, 0.29) is 11.6 Å². The monoisotopic (exact) mass is 172 g/mol. The Balaban J connectivity index is 2.77. The molecule has 0 radical (unpaired) electrons. The molecule has 0 amide bonds. The molecule has 5 heteroatoms. The normalized spacial score (nSPS) is 9.77. The molecule has 0 bridgehead atoms. The molecule has 0 saturated heterocycles. The van der Waals surface area contributed by atoms with Crippen molar-refractivity contribution < 1.29 is 5.11 Å². The Bertz CT molecular complexity index is 503. The maximum atomic E-state index is 9.05. The molecule has 2 aromatic heterocycles. The number of nitrogens with zero attached hydrogens (tertiary/aromatic N) is 4. The summed E-state index contributed by atoms with van der Waals surface area (Å²) in [6.45, 7) is 0. The van der Waals surface area contributed by atoms with E-state index in [1.165, 1.54) is 12.1 Å². The second-order valence-corrected chi connectivity index (χ2v) is 2.42. The highest BCUT2D eigenvalue weighted by atomic mass is 16.3. The van der Waals surface area contributed by atoms with E-state index in [1.54, 1.807) is 6.07 Å². The van der Waals surface area contributed by atoms with Gasteiger partial charge in [0.1, 0.15) is 11.6 Å². The average Bonchev–Trinajstić information content (AvgIpc) is 2.16. The zero-order chi connectivity index (χ0) is 9.26. The van der Waals surface area contributed by atoms with Crippen molar-refractivity contribution in [3.05, 3.63) is 23.9 Å². The number of aromatic hydroxyl groups is 1. The molecule has 0 saturated carbocycles. The summed E-state index contributed by atoms with van der Waals surface area (Å²) in [5, 5.41) is 24.9. The van der Waals surface area contributed by atoms with Crippen LogP contribution >= 0.6 is 0 Å². The molecule has 0 aliphatic rings. The smallest absolute Gasteiger partial charge is 0.211 e. The van der Waals surface area contributed by atoms with Crippen molar-refractivity contribution in [1.29, 1.82) is 5.26 Å². The van der Waals surface area contributed by atoms with E-state index in [9.17, 15) is 0 Å². The standard InChI is InChI=1S/C8H4N4O/c9-4-5-3-7-6(12-11-5)1-2-8(13)10-7/h1-3H,(H,10,13). The molecule has 0 spiro atoms. The molecule has 0 fully saturated rings. The first-order valence-electron chi connectivity index (χ1n) is 3.53. The van der Waals surface area contributed by atoms with E-state index in [1.807, 2.05) is 6.07 Å². The van der Waals surface area contributed by atoms with Crippen LogP contribution in [0.15, 0.2) is 18.2 Å². The Morgan fingerprint density at radius 1 is 1.23 bits per heavy atom. The van der Waals surface area contributed by atoms with Gasteiger partial charge in [-0.3, -0.25) is 0 Å². The van der Waals surface area contributed by atoms with Crippen molar-refractivity contribution >= 4 is 11.0 Å². The largest absolute Gasteiger partial charge is 0.493 e. The fraction of sp³-hybridized carbons (Fsp3) is 0. The summed E-state index contributed by atoms with van der Waals surface area (Å²) in [4.78, 5) is 3.79.